The van der Waals surface area contributed by atoms with E-state index in [4.69, 9.17) is 4.42 Å². The van der Waals surface area contributed by atoms with Gasteiger partial charge in [-0.1, -0.05) is 36.4 Å². The van der Waals surface area contributed by atoms with Crippen LogP contribution >= 0.6 is 0 Å². The first-order valence-corrected chi connectivity index (χ1v) is 6.92. The molecule has 0 aliphatic heterocycles. The van der Waals surface area contributed by atoms with Gasteiger partial charge in [0.2, 0.25) is 0 Å². The quantitative estimate of drug-likeness (QED) is 0.761. The van der Waals surface area contributed by atoms with Crippen LogP contribution in [0.3, 0.4) is 0 Å². The molecule has 1 aromatic heterocycles. The number of furan rings is 1. The van der Waals surface area contributed by atoms with Crippen molar-refractivity contribution < 1.29 is 4.42 Å². The molecule has 1 unspecified atom stereocenters. The van der Waals surface area contributed by atoms with E-state index < -0.39 is 0 Å². The SMILES string of the molecule is CNC(c1cc2ccccc2o1)c1c(C)cccc1C. The standard InChI is InChI=1S/C18H19NO/c1-12-7-6-8-13(2)17(12)18(19-3)16-11-14-9-4-5-10-15(14)20-16/h4-11,18-19H,1-3H3. The fourth-order valence-corrected chi connectivity index (χ4v) is 2.86. The molecule has 1 N–H and O–H groups in total. The Hall–Kier alpha value is -2.06. The van der Waals surface area contributed by atoms with Gasteiger partial charge >= 0.3 is 0 Å². The fourth-order valence-electron chi connectivity index (χ4n) is 2.86. The van der Waals surface area contributed by atoms with Gasteiger partial charge in [0.05, 0.1) is 6.04 Å². The monoisotopic (exact) mass is 265 g/mol. The van der Waals surface area contributed by atoms with Gasteiger partial charge in [-0.25, -0.2) is 0 Å². The van der Waals surface area contributed by atoms with Crippen LogP contribution in [-0.4, -0.2) is 7.05 Å². The normalized spacial score (nSPS) is 12.8. The molecule has 20 heavy (non-hydrogen) atoms. The Labute approximate surface area is 119 Å². The molecule has 102 valence electrons. The van der Waals surface area contributed by atoms with Crippen molar-refractivity contribution in [2.45, 2.75) is 19.9 Å². The average molecular weight is 265 g/mol. The zero-order chi connectivity index (χ0) is 14.1. The van der Waals surface area contributed by atoms with E-state index in [0.717, 1.165) is 16.7 Å². The minimum Gasteiger partial charge on any atom is -0.459 e. The van der Waals surface area contributed by atoms with E-state index in [9.17, 15) is 0 Å². The third-order valence-corrected chi connectivity index (χ3v) is 3.85. The van der Waals surface area contributed by atoms with Crippen LogP contribution in [-0.2, 0) is 0 Å². The smallest absolute Gasteiger partial charge is 0.134 e. The molecule has 2 heteroatoms. The maximum absolute atomic E-state index is 6.02. The first-order valence-electron chi connectivity index (χ1n) is 6.92. The van der Waals surface area contributed by atoms with Crippen molar-refractivity contribution in [3.8, 4) is 0 Å². The largest absolute Gasteiger partial charge is 0.459 e. The van der Waals surface area contributed by atoms with E-state index >= 15 is 0 Å². The minimum atomic E-state index is 0.0867. The number of nitrogens with one attached hydrogen (secondary N) is 1. The molecule has 3 rings (SSSR count). The molecule has 3 aromatic rings. The van der Waals surface area contributed by atoms with Gasteiger partial charge in [0.15, 0.2) is 0 Å². The van der Waals surface area contributed by atoms with E-state index in [1.165, 1.54) is 16.7 Å². The number of fused-ring (bicyclic) bond motifs is 1. The highest BCUT2D eigenvalue weighted by Crippen LogP contribution is 2.31. The van der Waals surface area contributed by atoms with Gasteiger partial charge in [-0.05, 0) is 49.7 Å². The van der Waals surface area contributed by atoms with Gasteiger partial charge in [-0.3, -0.25) is 0 Å². The maximum atomic E-state index is 6.02. The Bertz CT molecular complexity index is 689. The highest BCUT2D eigenvalue weighted by Gasteiger charge is 2.20. The Kier molecular flexibility index (Phi) is 3.33. The van der Waals surface area contributed by atoms with Gasteiger partial charge in [0.25, 0.3) is 0 Å². The molecule has 0 aliphatic rings. The van der Waals surface area contributed by atoms with Crippen molar-refractivity contribution in [2.24, 2.45) is 0 Å². The van der Waals surface area contributed by atoms with Crippen LogP contribution in [0.2, 0.25) is 0 Å². The van der Waals surface area contributed by atoms with E-state index in [1.54, 1.807) is 0 Å². The number of hydrogen-bond donors (Lipinski definition) is 1. The van der Waals surface area contributed by atoms with Gasteiger partial charge in [0.1, 0.15) is 11.3 Å². The lowest BCUT2D eigenvalue weighted by molar-refractivity contribution is 0.489. The molecule has 0 amide bonds. The lowest BCUT2D eigenvalue weighted by Gasteiger charge is -2.19. The van der Waals surface area contributed by atoms with Crippen molar-refractivity contribution >= 4 is 11.0 Å². The second-order valence-electron chi connectivity index (χ2n) is 5.21. The first kappa shape index (κ1) is 12.9. The van der Waals surface area contributed by atoms with Crippen LogP contribution in [0, 0.1) is 13.8 Å². The number of para-hydroxylation sites is 1. The second kappa shape index (κ2) is 5.14. The van der Waals surface area contributed by atoms with Crippen LogP contribution in [0.15, 0.2) is 52.9 Å². The second-order valence-corrected chi connectivity index (χ2v) is 5.21. The number of hydrogen-bond acceptors (Lipinski definition) is 2. The lowest BCUT2D eigenvalue weighted by atomic mass is 9.94. The summed E-state index contributed by atoms with van der Waals surface area (Å²) in [4.78, 5) is 0. The van der Waals surface area contributed by atoms with Gasteiger partial charge < -0.3 is 9.73 Å². The summed E-state index contributed by atoms with van der Waals surface area (Å²) in [5.74, 6) is 0.964. The summed E-state index contributed by atoms with van der Waals surface area (Å²) in [5, 5.41) is 4.53. The lowest BCUT2D eigenvalue weighted by Crippen LogP contribution is -2.19. The summed E-state index contributed by atoms with van der Waals surface area (Å²) in [6.07, 6.45) is 0. The van der Waals surface area contributed by atoms with Gasteiger partial charge in [-0.15, -0.1) is 0 Å². The summed E-state index contributed by atoms with van der Waals surface area (Å²) in [6, 6.07) is 16.7. The molecule has 0 saturated carbocycles. The molecule has 1 heterocycles. The Morgan fingerprint density at radius 1 is 0.950 bits per heavy atom. The topological polar surface area (TPSA) is 25.2 Å². The van der Waals surface area contributed by atoms with E-state index in [2.05, 4.69) is 49.5 Å². The maximum Gasteiger partial charge on any atom is 0.134 e. The molecule has 2 nitrogen and oxygen atoms in total. The predicted octanol–water partition coefficient (Wildman–Crippen LogP) is 4.36. The third-order valence-electron chi connectivity index (χ3n) is 3.85. The summed E-state index contributed by atoms with van der Waals surface area (Å²) in [6.45, 7) is 4.30. The molecule has 0 fully saturated rings. The molecule has 2 aromatic carbocycles. The number of benzene rings is 2. The Balaban J connectivity index is 2.14. The molecule has 0 bridgehead atoms. The summed E-state index contributed by atoms with van der Waals surface area (Å²) >= 11 is 0. The highest BCUT2D eigenvalue weighted by molar-refractivity contribution is 5.78. The zero-order valence-corrected chi connectivity index (χ0v) is 12.1. The van der Waals surface area contributed by atoms with E-state index in [-0.39, 0.29) is 6.04 Å². The van der Waals surface area contributed by atoms with E-state index in [0.29, 0.717) is 0 Å². The van der Waals surface area contributed by atoms with Crippen molar-refractivity contribution in [2.75, 3.05) is 7.05 Å². The van der Waals surface area contributed by atoms with Crippen LogP contribution < -0.4 is 5.32 Å². The molecular formula is C18H19NO. The summed E-state index contributed by atoms with van der Waals surface area (Å²) in [5.41, 5.74) is 4.80. The van der Waals surface area contributed by atoms with Crippen molar-refractivity contribution in [1.29, 1.82) is 0 Å². The van der Waals surface area contributed by atoms with Gasteiger partial charge in [-0.2, -0.15) is 0 Å². The third kappa shape index (κ3) is 2.12. The van der Waals surface area contributed by atoms with Gasteiger partial charge in [0, 0.05) is 5.39 Å². The van der Waals surface area contributed by atoms with Crippen LogP contribution in [0.5, 0.6) is 0 Å². The molecule has 1 atom stereocenters. The Morgan fingerprint density at radius 3 is 2.30 bits per heavy atom. The van der Waals surface area contributed by atoms with Crippen molar-refractivity contribution in [3.63, 3.8) is 0 Å². The van der Waals surface area contributed by atoms with Crippen LogP contribution in [0.25, 0.3) is 11.0 Å². The van der Waals surface area contributed by atoms with Crippen molar-refractivity contribution in [1.82, 2.24) is 5.32 Å². The molecular weight excluding hydrogens is 246 g/mol. The minimum absolute atomic E-state index is 0.0867. The fraction of sp³-hybridized carbons (Fsp3) is 0.222. The first-order chi connectivity index (χ1) is 9.70. The number of rotatable bonds is 3. The summed E-state index contributed by atoms with van der Waals surface area (Å²) < 4.78 is 6.02. The van der Waals surface area contributed by atoms with Crippen molar-refractivity contribution in [3.05, 3.63) is 71.0 Å². The van der Waals surface area contributed by atoms with Crippen LogP contribution in [0.1, 0.15) is 28.5 Å². The molecule has 0 saturated heterocycles. The Morgan fingerprint density at radius 2 is 1.65 bits per heavy atom. The molecule has 0 radical (unpaired) electrons. The number of aryl methyl sites for hydroxylation is 2. The average Bonchev–Trinajstić information content (AvgIpc) is 2.86. The van der Waals surface area contributed by atoms with E-state index in [1.807, 2.05) is 25.2 Å². The molecule has 0 spiro atoms. The zero-order valence-electron chi connectivity index (χ0n) is 12.1. The molecule has 0 aliphatic carbocycles. The predicted molar refractivity (Wildman–Crippen MR) is 83.0 cm³/mol. The van der Waals surface area contributed by atoms with Crippen LogP contribution in [0.4, 0.5) is 0 Å². The highest BCUT2D eigenvalue weighted by atomic mass is 16.3. The summed E-state index contributed by atoms with van der Waals surface area (Å²) in [7, 11) is 1.98.